The van der Waals surface area contributed by atoms with Crippen molar-refractivity contribution in [2.45, 2.75) is 25.7 Å². The molecule has 4 nitrogen and oxygen atoms in total. The molecule has 1 heterocycles. The molecule has 4 heteroatoms. The van der Waals surface area contributed by atoms with E-state index in [2.05, 4.69) is 17.1 Å². The van der Waals surface area contributed by atoms with Gasteiger partial charge >= 0.3 is 5.97 Å². The number of aromatic amines is 1. The number of carbonyl (C=O) groups is 2. The predicted octanol–water partition coefficient (Wildman–Crippen LogP) is 4.77. The molecule has 1 aliphatic carbocycles. The molecule has 0 bridgehead atoms. The van der Waals surface area contributed by atoms with Crippen molar-refractivity contribution in [2.24, 2.45) is 0 Å². The maximum absolute atomic E-state index is 13.1. The molecule has 1 atom stereocenters. The summed E-state index contributed by atoms with van der Waals surface area (Å²) in [6, 6.07) is 19.6. The standard InChI is InChI=1S/C23H21NO3/c1-2-27-23(26)22-20(16-11-7-4-8-12-16)21-18(24-22)13-17(14-19(21)25)15-9-5-3-6-10-15/h3-12,17,24H,2,13-14H2,1H3/t17-/m1/s1. The van der Waals surface area contributed by atoms with Gasteiger partial charge in [-0.15, -0.1) is 0 Å². The number of H-pyrrole nitrogens is 1. The van der Waals surface area contributed by atoms with Crippen LogP contribution >= 0.6 is 0 Å². The number of esters is 1. The van der Waals surface area contributed by atoms with Crippen molar-refractivity contribution >= 4 is 11.8 Å². The molecule has 0 spiro atoms. The molecular weight excluding hydrogens is 338 g/mol. The van der Waals surface area contributed by atoms with E-state index in [1.165, 1.54) is 0 Å². The van der Waals surface area contributed by atoms with Crippen LogP contribution in [0.2, 0.25) is 0 Å². The lowest BCUT2D eigenvalue weighted by molar-refractivity contribution is 0.0521. The highest BCUT2D eigenvalue weighted by molar-refractivity contribution is 6.10. The van der Waals surface area contributed by atoms with E-state index < -0.39 is 5.97 Å². The summed E-state index contributed by atoms with van der Waals surface area (Å²) in [6.07, 6.45) is 1.14. The second-order valence-electron chi connectivity index (χ2n) is 6.75. The van der Waals surface area contributed by atoms with Crippen LogP contribution in [0.15, 0.2) is 60.7 Å². The fraction of sp³-hybridized carbons (Fsp3) is 0.217. The molecule has 0 saturated heterocycles. The minimum absolute atomic E-state index is 0.0655. The molecule has 27 heavy (non-hydrogen) atoms. The van der Waals surface area contributed by atoms with Crippen LogP contribution in [0.25, 0.3) is 11.1 Å². The number of hydrogen-bond acceptors (Lipinski definition) is 3. The zero-order valence-corrected chi connectivity index (χ0v) is 15.2. The van der Waals surface area contributed by atoms with E-state index in [1.54, 1.807) is 6.92 Å². The van der Waals surface area contributed by atoms with Crippen LogP contribution in [0, 0.1) is 0 Å². The first kappa shape index (κ1) is 17.3. The largest absolute Gasteiger partial charge is 0.461 e. The molecule has 136 valence electrons. The first-order chi connectivity index (χ1) is 13.2. The molecule has 1 aromatic heterocycles. The normalized spacial score (nSPS) is 16.0. The van der Waals surface area contributed by atoms with Crippen molar-refractivity contribution in [1.29, 1.82) is 0 Å². The van der Waals surface area contributed by atoms with Gasteiger partial charge in [0.05, 0.1) is 6.61 Å². The van der Waals surface area contributed by atoms with Crippen LogP contribution in [0.1, 0.15) is 51.4 Å². The molecule has 1 N–H and O–H groups in total. The second kappa shape index (κ2) is 7.23. The average Bonchev–Trinajstić information content (AvgIpc) is 3.10. The van der Waals surface area contributed by atoms with E-state index >= 15 is 0 Å². The summed E-state index contributed by atoms with van der Waals surface area (Å²) in [4.78, 5) is 28.9. The topological polar surface area (TPSA) is 59.2 Å². The number of rotatable bonds is 4. The van der Waals surface area contributed by atoms with E-state index in [0.29, 0.717) is 29.7 Å². The van der Waals surface area contributed by atoms with Crippen LogP contribution in [0.5, 0.6) is 0 Å². The van der Waals surface area contributed by atoms with Gasteiger partial charge in [0.25, 0.3) is 0 Å². The van der Waals surface area contributed by atoms with Crippen molar-refractivity contribution in [2.75, 3.05) is 6.61 Å². The molecular formula is C23H21NO3. The Morgan fingerprint density at radius 3 is 2.33 bits per heavy atom. The molecule has 0 radical (unpaired) electrons. The minimum atomic E-state index is -0.421. The average molecular weight is 359 g/mol. The predicted molar refractivity (Wildman–Crippen MR) is 104 cm³/mol. The van der Waals surface area contributed by atoms with Gasteiger partial charge in [0.1, 0.15) is 5.69 Å². The van der Waals surface area contributed by atoms with Gasteiger partial charge in [-0.1, -0.05) is 60.7 Å². The fourth-order valence-electron chi connectivity index (χ4n) is 3.87. The summed E-state index contributed by atoms with van der Waals surface area (Å²) in [5.41, 5.74) is 4.49. The van der Waals surface area contributed by atoms with Crippen LogP contribution in [-0.4, -0.2) is 23.3 Å². The van der Waals surface area contributed by atoms with Gasteiger partial charge in [-0.25, -0.2) is 4.79 Å². The zero-order chi connectivity index (χ0) is 18.8. The first-order valence-electron chi connectivity index (χ1n) is 9.24. The zero-order valence-electron chi connectivity index (χ0n) is 15.2. The fourth-order valence-corrected chi connectivity index (χ4v) is 3.87. The highest BCUT2D eigenvalue weighted by Crippen LogP contribution is 2.39. The quantitative estimate of drug-likeness (QED) is 0.683. The van der Waals surface area contributed by atoms with Gasteiger partial charge in [-0.3, -0.25) is 4.79 Å². The van der Waals surface area contributed by atoms with Gasteiger partial charge in [0, 0.05) is 23.2 Å². The lowest BCUT2D eigenvalue weighted by Gasteiger charge is -2.22. The Morgan fingerprint density at radius 2 is 1.67 bits per heavy atom. The number of ether oxygens (including phenoxy) is 1. The summed E-state index contributed by atoms with van der Waals surface area (Å²) >= 11 is 0. The lowest BCUT2D eigenvalue weighted by Crippen LogP contribution is -2.18. The number of aromatic nitrogens is 1. The van der Waals surface area contributed by atoms with Crippen LogP contribution in [0.4, 0.5) is 0 Å². The second-order valence-corrected chi connectivity index (χ2v) is 6.75. The molecule has 0 saturated carbocycles. The van der Waals surface area contributed by atoms with Crippen molar-refractivity contribution in [3.05, 3.63) is 83.2 Å². The number of nitrogens with one attached hydrogen (secondary N) is 1. The highest BCUT2D eigenvalue weighted by Gasteiger charge is 2.34. The van der Waals surface area contributed by atoms with E-state index in [-0.39, 0.29) is 18.3 Å². The number of Topliss-reactive ketones (excluding diaryl/α,β-unsaturated/α-hetero) is 1. The van der Waals surface area contributed by atoms with Gasteiger partial charge in [-0.05, 0) is 30.4 Å². The monoisotopic (exact) mass is 359 g/mol. The van der Waals surface area contributed by atoms with E-state index in [0.717, 1.165) is 16.8 Å². The number of hydrogen-bond donors (Lipinski definition) is 1. The third kappa shape index (κ3) is 3.19. The summed E-state index contributed by atoms with van der Waals surface area (Å²) < 4.78 is 5.23. The van der Waals surface area contributed by atoms with Gasteiger partial charge in [0.2, 0.25) is 0 Å². The molecule has 0 fully saturated rings. The van der Waals surface area contributed by atoms with Gasteiger partial charge in [0.15, 0.2) is 5.78 Å². The maximum atomic E-state index is 13.1. The Hall–Kier alpha value is -3.14. The SMILES string of the molecule is CCOC(=O)c1[nH]c2c(c1-c1ccccc1)C(=O)C[C@H](c1ccccc1)C2. The third-order valence-corrected chi connectivity index (χ3v) is 5.05. The van der Waals surface area contributed by atoms with Gasteiger partial charge < -0.3 is 9.72 Å². The molecule has 0 amide bonds. The van der Waals surface area contributed by atoms with Crippen molar-refractivity contribution in [3.63, 3.8) is 0 Å². The number of carbonyl (C=O) groups excluding carboxylic acids is 2. The van der Waals surface area contributed by atoms with E-state index in [1.807, 2.05) is 48.5 Å². The van der Waals surface area contributed by atoms with Crippen LogP contribution in [-0.2, 0) is 11.2 Å². The molecule has 0 aliphatic heterocycles. The van der Waals surface area contributed by atoms with Crippen LogP contribution < -0.4 is 0 Å². The number of ketones is 1. The van der Waals surface area contributed by atoms with Crippen molar-refractivity contribution < 1.29 is 14.3 Å². The Morgan fingerprint density at radius 1 is 1.00 bits per heavy atom. The van der Waals surface area contributed by atoms with Crippen molar-refractivity contribution in [3.8, 4) is 11.1 Å². The summed E-state index contributed by atoms with van der Waals surface area (Å²) in [6.45, 7) is 2.07. The lowest BCUT2D eigenvalue weighted by atomic mass is 9.80. The summed E-state index contributed by atoms with van der Waals surface area (Å²) in [5, 5.41) is 0. The number of fused-ring (bicyclic) bond motifs is 1. The molecule has 4 rings (SSSR count). The minimum Gasteiger partial charge on any atom is -0.461 e. The van der Waals surface area contributed by atoms with E-state index in [9.17, 15) is 9.59 Å². The third-order valence-electron chi connectivity index (χ3n) is 5.05. The van der Waals surface area contributed by atoms with Gasteiger partial charge in [-0.2, -0.15) is 0 Å². The summed E-state index contributed by atoms with van der Waals surface area (Å²) in [7, 11) is 0. The molecule has 1 aliphatic rings. The Balaban J connectivity index is 1.83. The molecule has 2 aromatic carbocycles. The first-order valence-corrected chi connectivity index (χ1v) is 9.24. The van der Waals surface area contributed by atoms with Crippen molar-refractivity contribution in [1.82, 2.24) is 4.98 Å². The Labute approximate surface area is 158 Å². The number of benzene rings is 2. The molecule has 0 unspecified atom stereocenters. The van der Waals surface area contributed by atoms with Crippen LogP contribution in [0.3, 0.4) is 0 Å². The molecule has 3 aromatic rings. The Bertz CT molecular complexity index is 974. The smallest absolute Gasteiger partial charge is 0.355 e. The summed E-state index contributed by atoms with van der Waals surface area (Å²) in [5.74, 6) is -0.242. The highest BCUT2D eigenvalue weighted by atomic mass is 16.5. The van der Waals surface area contributed by atoms with E-state index in [4.69, 9.17) is 4.74 Å². The Kier molecular flexibility index (Phi) is 4.63. The maximum Gasteiger partial charge on any atom is 0.355 e.